The molecule has 1 N–H and O–H groups in total. The third-order valence-electron chi connectivity index (χ3n) is 4.50. The summed E-state index contributed by atoms with van der Waals surface area (Å²) in [5.74, 6) is 1.02. The lowest BCUT2D eigenvalue weighted by Crippen LogP contribution is -2.33. The summed E-state index contributed by atoms with van der Waals surface area (Å²) in [6.45, 7) is 2.06. The Kier molecular flexibility index (Phi) is 7.90. The number of sulfonamides is 1. The first-order chi connectivity index (χ1) is 13.8. The number of methoxy groups -OCH3 is 2. The number of benzene rings is 2. The highest BCUT2D eigenvalue weighted by Gasteiger charge is 2.21. The van der Waals surface area contributed by atoms with Gasteiger partial charge in [-0.2, -0.15) is 0 Å². The Hall–Kier alpha value is -2.74. The number of carbonyl (C=O) groups is 1. The van der Waals surface area contributed by atoms with Crippen molar-refractivity contribution in [2.45, 2.75) is 25.8 Å². The van der Waals surface area contributed by atoms with Crippen molar-refractivity contribution in [3.05, 3.63) is 54.1 Å². The number of carbonyl (C=O) groups excluding carboxylic acids is 1. The quantitative estimate of drug-likeness (QED) is 0.638. The SMILES string of the molecule is COc1ccccc1[C@@H](C)NC(=O)CCCN(c1ccccc1OC)S(C)(=O)=O. The van der Waals surface area contributed by atoms with Crippen LogP contribution in [0.3, 0.4) is 0 Å². The first-order valence-electron chi connectivity index (χ1n) is 9.31. The number of amides is 1. The smallest absolute Gasteiger partial charge is 0.232 e. The molecule has 0 heterocycles. The van der Waals surface area contributed by atoms with Crippen LogP contribution in [-0.4, -0.2) is 41.3 Å². The lowest BCUT2D eigenvalue weighted by molar-refractivity contribution is -0.121. The number of ether oxygens (including phenoxy) is 2. The van der Waals surface area contributed by atoms with Gasteiger partial charge in [-0.1, -0.05) is 30.3 Å². The van der Waals surface area contributed by atoms with Gasteiger partial charge in [0.05, 0.1) is 32.2 Å². The highest BCUT2D eigenvalue weighted by molar-refractivity contribution is 7.92. The molecule has 2 aromatic carbocycles. The summed E-state index contributed by atoms with van der Waals surface area (Å²) in [6.07, 6.45) is 1.71. The largest absolute Gasteiger partial charge is 0.496 e. The zero-order chi connectivity index (χ0) is 21.4. The number of rotatable bonds is 10. The van der Waals surface area contributed by atoms with E-state index in [0.29, 0.717) is 23.6 Å². The molecule has 0 aliphatic heterocycles. The predicted octanol–water partition coefficient (Wildman–Crippen LogP) is 3.13. The first-order valence-corrected chi connectivity index (χ1v) is 11.2. The molecule has 29 heavy (non-hydrogen) atoms. The molecule has 0 fully saturated rings. The van der Waals surface area contributed by atoms with Crippen molar-refractivity contribution in [3.63, 3.8) is 0 Å². The molecule has 0 radical (unpaired) electrons. The van der Waals surface area contributed by atoms with Crippen molar-refractivity contribution in [1.29, 1.82) is 0 Å². The number of nitrogens with one attached hydrogen (secondary N) is 1. The molecule has 0 spiro atoms. The first kappa shape index (κ1) is 22.5. The second kappa shape index (κ2) is 10.2. The van der Waals surface area contributed by atoms with Crippen LogP contribution in [0.1, 0.15) is 31.4 Å². The van der Waals surface area contributed by atoms with Gasteiger partial charge in [0.1, 0.15) is 11.5 Å². The molecule has 0 unspecified atom stereocenters. The molecular formula is C21H28N2O5S. The minimum atomic E-state index is -3.52. The molecule has 0 aliphatic carbocycles. The zero-order valence-corrected chi connectivity index (χ0v) is 18.0. The second-order valence-corrected chi connectivity index (χ2v) is 8.55. The molecule has 0 bridgehead atoms. The highest BCUT2D eigenvalue weighted by Crippen LogP contribution is 2.30. The van der Waals surface area contributed by atoms with Gasteiger partial charge in [-0.05, 0) is 31.5 Å². The summed E-state index contributed by atoms with van der Waals surface area (Å²) in [4.78, 5) is 12.4. The van der Waals surface area contributed by atoms with E-state index in [1.54, 1.807) is 31.4 Å². The van der Waals surface area contributed by atoms with Crippen LogP contribution in [0.25, 0.3) is 0 Å². The van der Waals surface area contributed by atoms with E-state index in [0.717, 1.165) is 11.8 Å². The van der Waals surface area contributed by atoms with E-state index in [2.05, 4.69) is 5.32 Å². The van der Waals surface area contributed by atoms with Crippen molar-refractivity contribution in [3.8, 4) is 11.5 Å². The number of hydrogen-bond donors (Lipinski definition) is 1. The fraction of sp³-hybridized carbons (Fsp3) is 0.381. The normalized spacial score (nSPS) is 12.1. The Bertz CT molecular complexity index is 930. The molecule has 7 nitrogen and oxygen atoms in total. The molecule has 0 aliphatic rings. The van der Waals surface area contributed by atoms with E-state index in [1.807, 2.05) is 31.2 Å². The van der Waals surface area contributed by atoms with E-state index >= 15 is 0 Å². The summed E-state index contributed by atoms with van der Waals surface area (Å²) >= 11 is 0. The summed E-state index contributed by atoms with van der Waals surface area (Å²) in [7, 11) is -0.438. The maximum absolute atomic E-state index is 12.4. The van der Waals surface area contributed by atoms with Gasteiger partial charge in [-0.25, -0.2) is 8.42 Å². The standard InChI is InChI=1S/C21H28N2O5S/c1-16(17-10-5-7-12-19(17)27-2)22-21(24)14-9-15-23(29(4,25)26)18-11-6-8-13-20(18)28-3/h5-8,10-13,16H,9,14-15H2,1-4H3,(H,22,24)/t16-/m1/s1. The Labute approximate surface area is 172 Å². The van der Waals surface area contributed by atoms with Crippen LogP contribution in [0, 0.1) is 0 Å². The van der Waals surface area contributed by atoms with Crippen molar-refractivity contribution in [2.75, 3.05) is 31.3 Å². The molecule has 1 amide bonds. The van der Waals surface area contributed by atoms with Gasteiger partial charge in [0.25, 0.3) is 0 Å². The van der Waals surface area contributed by atoms with Crippen LogP contribution in [0.15, 0.2) is 48.5 Å². The molecule has 2 rings (SSSR count). The number of nitrogens with zero attached hydrogens (tertiary/aromatic N) is 1. The number of para-hydroxylation sites is 3. The van der Waals surface area contributed by atoms with Crippen LogP contribution in [0.2, 0.25) is 0 Å². The molecule has 2 aromatic rings. The summed E-state index contributed by atoms with van der Waals surface area (Å²) < 4.78 is 36.4. The van der Waals surface area contributed by atoms with E-state index in [-0.39, 0.29) is 24.9 Å². The molecular weight excluding hydrogens is 392 g/mol. The van der Waals surface area contributed by atoms with Gasteiger partial charge >= 0.3 is 0 Å². The Morgan fingerprint density at radius 2 is 1.62 bits per heavy atom. The number of hydrogen-bond acceptors (Lipinski definition) is 5. The Balaban J connectivity index is 2.00. The molecule has 0 saturated carbocycles. The maximum Gasteiger partial charge on any atom is 0.232 e. The van der Waals surface area contributed by atoms with Crippen molar-refractivity contribution in [1.82, 2.24) is 5.32 Å². The monoisotopic (exact) mass is 420 g/mol. The Morgan fingerprint density at radius 1 is 1.03 bits per heavy atom. The van der Waals surface area contributed by atoms with Crippen LogP contribution in [-0.2, 0) is 14.8 Å². The van der Waals surface area contributed by atoms with E-state index in [9.17, 15) is 13.2 Å². The Morgan fingerprint density at radius 3 is 2.24 bits per heavy atom. The summed E-state index contributed by atoms with van der Waals surface area (Å²) in [5.41, 5.74) is 1.34. The van der Waals surface area contributed by atoms with Gasteiger partial charge in [-0.3, -0.25) is 9.10 Å². The number of anilines is 1. The van der Waals surface area contributed by atoms with E-state index in [1.165, 1.54) is 11.4 Å². The average Bonchev–Trinajstić information content (AvgIpc) is 2.70. The van der Waals surface area contributed by atoms with Crippen molar-refractivity contribution < 1.29 is 22.7 Å². The molecule has 0 aromatic heterocycles. The van der Waals surface area contributed by atoms with Crippen LogP contribution in [0.5, 0.6) is 11.5 Å². The average molecular weight is 421 g/mol. The minimum Gasteiger partial charge on any atom is -0.496 e. The summed E-state index contributed by atoms with van der Waals surface area (Å²) in [6, 6.07) is 14.2. The van der Waals surface area contributed by atoms with Crippen LogP contribution in [0.4, 0.5) is 5.69 Å². The second-order valence-electron chi connectivity index (χ2n) is 6.64. The van der Waals surface area contributed by atoms with Gasteiger partial charge in [0, 0.05) is 18.5 Å². The summed E-state index contributed by atoms with van der Waals surface area (Å²) in [5, 5.41) is 2.93. The third-order valence-corrected chi connectivity index (χ3v) is 5.68. The predicted molar refractivity (Wildman–Crippen MR) is 114 cm³/mol. The van der Waals surface area contributed by atoms with E-state index in [4.69, 9.17) is 9.47 Å². The van der Waals surface area contributed by atoms with Gasteiger partial charge in [0.15, 0.2) is 0 Å². The van der Waals surface area contributed by atoms with Crippen LogP contribution < -0.4 is 19.1 Å². The third kappa shape index (κ3) is 6.12. The molecule has 1 atom stereocenters. The van der Waals surface area contributed by atoms with Crippen molar-refractivity contribution >= 4 is 21.6 Å². The van der Waals surface area contributed by atoms with Crippen LogP contribution >= 0.6 is 0 Å². The molecule has 8 heteroatoms. The molecule has 158 valence electrons. The van der Waals surface area contributed by atoms with Gasteiger partial charge in [-0.15, -0.1) is 0 Å². The lowest BCUT2D eigenvalue weighted by atomic mass is 10.1. The fourth-order valence-corrected chi connectivity index (χ4v) is 4.07. The molecule has 0 saturated heterocycles. The maximum atomic E-state index is 12.4. The lowest BCUT2D eigenvalue weighted by Gasteiger charge is -2.24. The van der Waals surface area contributed by atoms with Gasteiger partial charge in [0.2, 0.25) is 15.9 Å². The zero-order valence-electron chi connectivity index (χ0n) is 17.2. The topological polar surface area (TPSA) is 84.9 Å². The highest BCUT2D eigenvalue weighted by atomic mass is 32.2. The van der Waals surface area contributed by atoms with Gasteiger partial charge < -0.3 is 14.8 Å². The minimum absolute atomic E-state index is 0.156. The fourth-order valence-electron chi connectivity index (χ4n) is 3.10. The van der Waals surface area contributed by atoms with Crippen molar-refractivity contribution in [2.24, 2.45) is 0 Å². The van der Waals surface area contributed by atoms with E-state index < -0.39 is 10.0 Å².